The number of nitrogens with one attached hydrogen (secondary N) is 2. The Morgan fingerprint density at radius 2 is 2.14 bits per heavy atom. The molecule has 2 rings (SSSR count). The van der Waals surface area contributed by atoms with Gasteiger partial charge in [0.25, 0.3) is 10.2 Å². The summed E-state index contributed by atoms with van der Waals surface area (Å²) >= 11 is 0. The van der Waals surface area contributed by atoms with Crippen molar-refractivity contribution in [2.45, 2.75) is 45.1 Å². The van der Waals surface area contributed by atoms with E-state index in [1.165, 1.54) is 0 Å². The van der Waals surface area contributed by atoms with Crippen molar-refractivity contribution < 1.29 is 13.2 Å². The van der Waals surface area contributed by atoms with Crippen molar-refractivity contribution >= 4 is 10.2 Å². The Hall–Kier alpha value is -0.210. The fourth-order valence-corrected chi connectivity index (χ4v) is 4.57. The molecule has 2 fully saturated rings. The van der Waals surface area contributed by atoms with Crippen LogP contribution in [0.5, 0.6) is 0 Å². The topological polar surface area (TPSA) is 70.7 Å². The SMILES string of the molecule is CCNCC1CCCCN1S(=O)(=O)NCCC1CCOC1. The highest BCUT2D eigenvalue weighted by Crippen LogP contribution is 2.20. The molecule has 0 spiro atoms. The van der Waals surface area contributed by atoms with Gasteiger partial charge in [-0.05, 0) is 38.1 Å². The summed E-state index contributed by atoms with van der Waals surface area (Å²) in [6.45, 7) is 6.40. The molecule has 0 bridgehead atoms. The maximum Gasteiger partial charge on any atom is 0.279 e. The van der Waals surface area contributed by atoms with Gasteiger partial charge in [-0.2, -0.15) is 12.7 Å². The highest BCUT2D eigenvalue weighted by atomic mass is 32.2. The van der Waals surface area contributed by atoms with Crippen LogP contribution in [0.15, 0.2) is 0 Å². The van der Waals surface area contributed by atoms with E-state index in [4.69, 9.17) is 4.74 Å². The molecule has 0 saturated carbocycles. The molecule has 124 valence electrons. The van der Waals surface area contributed by atoms with Gasteiger partial charge in [-0.1, -0.05) is 13.3 Å². The Morgan fingerprint density at radius 1 is 1.29 bits per heavy atom. The van der Waals surface area contributed by atoms with Gasteiger partial charge in [0.2, 0.25) is 0 Å². The minimum Gasteiger partial charge on any atom is -0.381 e. The first-order valence-electron chi connectivity index (χ1n) is 8.18. The molecule has 2 aliphatic heterocycles. The van der Waals surface area contributed by atoms with Crippen molar-refractivity contribution in [1.82, 2.24) is 14.3 Å². The van der Waals surface area contributed by atoms with Crippen molar-refractivity contribution in [3.05, 3.63) is 0 Å². The van der Waals surface area contributed by atoms with E-state index in [0.29, 0.717) is 19.0 Å². The second kappa shape index (κ2) is 8.43. The zero-order chi connectivity index (χ0) is 15.1. The fourth-order valence-electron chi connectivity index (χ4n) is 3.09. The normalized spacial score (nSPS) is 28.0. The maximum atomic E-state index is 12.5. The quantitative estimate of drug-likeness (QED) is 0.691. The average Bonchev–Trinajstić information content (AvgIpc) is 2.98. The first-order chi connectivity index (χ1) is 10.1. The largest absolute Gasteiger partial charge is 0.381 e. The molecule has 0 radical (unpaired) electrons. The van der Waals surface area contributed by atoms with E-state index in [-0.39, 0.29) is 6.04 Å². The van der Waals surface area contributed by atoms with E-state index >= 15 is 0 Å². The van der Waals surface area contributed by atoms with Crippen LogP contribution >= 0.6 is 0 Å². The van der Waals surface area contributed by atoms with Crippen LogP contribution in [0, 0.1) is 5.92 Å². The van der Waals surface area contributed by atoms with E-state index in [1.807, 2.05) is 6.92 Å². The summed E-state index contributed by atoms with van der Waals surface area (Å²) < 4.78 is 34.7. The van der Waals surface area contributed by atoms with Crippen molar-refractivity contribution in [2.24, 2.45) is 5.92 Å². The minimum absolute atomic E-state index is 0.0889. The molecule has 7 heteroatoms. The Balaban J connectivity index is 1.83. The van der Waals surface area contributed by atoms with Crippen LogP contribution in [0.25, 0.3) is 0 Å². The molecule has 0 aromatic heterocycles. The summed E-state index contributed by atoms with van der Waals surface area (Å²) in [7, 11) is -3.35. The van der Waals surface area contributed by atoms with Gasteiger partial charge in [0, 0.05) is 38.9 Å². The fraction of sp³-hybridized carbons (Fsp3) is 1.00. The predicted octanol–water partition coefficient (Wildman–Crippen LogP) is 0.711. The van der Waals surface area contributed by atoms with Gasteiger partial charge in [-0.25, -0.2) is 4.72 Å². The molecular formula is C14H29N3O3S. The lowest BCUT2D eigenvalue weighted by Gasteiger charge is -2.34. The Kier molecular flexibility index (Phi) is 6.88. The highest BCUT2D eigenvalue weighted by molar-refractivity contribution is 7.87. The van der Waals surface area contributed by atoms with Gasteiger partial charge >= 0.3 is 0 Å². The molecule has 2 unspecified atom stereocenters. The molecular weight excluding hydrogens is 290 g/mol. The number of ether oxygens (including phenoxy) is 1. The van der Waals surface area contributed by atoms with Crippen LogP contribution in [0.4, 0.5) is 0 Å². The standard InChI is InChI=1S/C14H29N3O3S/c1-2-15-11-14-5-3-4-9-17(14)21(18,19)16-8-6-13-7-10-20-12-13/h13-16H,2-12H2,1H3. The number of likely N-dealkylation sites (N-methyl/N-ethyl adjacent to an activating group) is 1. The summed E-state index contributed by atoms with van der Waals surface area (Å²) in [4.78, 5) is 0. The predicted molar refractivity (Wildman–Crippen MR) is 83.4 cm³/mol. The molecule has 2 heterocycles. The lowest BCUT2D eigenvalue weighted by molar-refractivity contribution is 0.184. The van der Waals surface area contributed by atoms with Gasteiger partial charge in [0.1, 0.15) is 0 Å². The molecule has 2 aliphatic rings. The molecule has 2 saturated heterocycles. The Bertz CT molecular complexity index is 396. The summed E-state index contributed by atoms with van der Waals surface area (Å²) in [5.74, 6) is 0.506. The Labute approximate surface area is 128 Å². The molecule has 0 aliphatic carbocycles. The first-order valence-corrected chi connectivity index (χ1v) is 9.62. The van der Waals surface area contributed by atoms with Gasteiger partial charge < -0.3 is 10.1 Å². The van der Waals surface area contributed by atoms with Crippen molar-refractivity contribution in [3.8, 4) is 0 Å². The number of piperidine rings is 1. The number of hydrogen-bond donors (Lipinski definition) is 2. The summed E-state index contributed by atoms with van der Waals surface area (Å²) in [6, 6.07) is 0.0889. The van der Waals surface area contributed by atoms with Crippen molar-refractivity contribution in [3.63, 3.8) is 0 Å². The van der Waals surface area contributed by atoms with Crippen molar-refractivity contribution in [2.75, 3.05) is 39.4 Å². The van der Waals surface area contributed by atoms with E-state index in [9.17, 15) is 8.42 Å². The third-order valence-electron chi connectivity index (χ3n) is 4.37. The number of nitrogens with zero attached hydrogens (tertiary/aromatic N) is 1. The second-order valence-corrected chi connectivity index (χ2v) is 7.69. The molecule has 21 heavy (non-hydrogen) atoms. The van der Waals surface area contributed by atoms with Crippen LogP contribution in [-0.2, 0) is 14.9 Å². The minimum atomic E-state index is -3.35. The van der Waals surface area contributed by atoms with Gasteiger partial charge in [0.15, 0.2) is 0 Å². The third-order valence-corrected chi connectivity index (χ3v) is 6.04. The van der Waals surface area contributed by atoms with E-state index in [1.54, 1.807) is 4.31 Å². The van der Waals surface area contributed by atoms with E-state index in [0.717, 1.165) is 58.4 Å². The zero-order valence-electron chi connectivity index (χ0n) is 13.0. The van der Waals surface area contributed by atoms with Gasteiger partial charge in [-0.15, -0.1) is 0 Å². The van der Waals surface area contributed by atoms with Crippen LogP contribution < -0.4 is 10.0 Å². The number of hydrogen-bond acceptors (Lipinski definition) is 4. The maximum absolute atomic E-state index is 12.5. The summed E-state index contributed by atoms with van der Waals surface area (Å²) in [5, 5.41) is 3.27. The van der Waals surface area contributed by atoms with Crippen molar-refractivity contribution in [1.29, 1.82) is 0 Å². The van der Waals surface area contributed by atoms with Gasteiger partial charge in [0.05, 0.1) is 0 Å². The van der Waals surface area contributed by atoms with E-state index in [2.05, 4.69) is 10.0 Å². The van der Waals surface area contributed by atoms with Crippen LogP contribution in [0.3, 0.4) is 0 Å². The van der Waals surface area contributed by atoms with Crippen LogP contribution in [-0.4, -0.2) is 58.2 Å². The average molecular weight is 319 g/mol. The monoisotopic (exact) mass is 319 g/mol. The third kappa shape index (κ3) is 5.17. The molecule has 6 nitrogen and oxygen atoms in total. The molecule has 0 amide bonds. The first kappa shape index (κ1) is 17.1. The Morgan fingerprint density at radius 3 is 2.86 bits per heavy atom. The number of rotatable bonds is 8. The van der Waals surface area contributed by atoms with E-state index < -0.39 is 10.2 Å². The zero-order valence-corrected chi connectivity index (χ0v) is 13.8. The smallest absolute Gasteiger partial charge is 0.279 e. The molecule has 0 aromatic carbocycles. The molecule has 0 aromatic rings. The molecule has 2 N–H and O–H groups in total. The van der Waals surface area contributed by atoms with Crippen LogP contribution in [0.1, 0.15) is 39.0 Å². The highest BCUT2D eigenvalue weighted by Gasteiger charge is 2.31. The lowest BCUT2D eigenvalue weighted by atomic mass is 10.1. The summed E-state index contributed by atoms with van der Waals surface area (Å²) in [6.07, 6.45) is 4.94. The molecule has 2 atom stereocenters. The summed E-state index contributed by atoms with van der Waals surface area (Å²) in [5.41, 5.74) is 0. The lowest BCUT2D eigenvalue weighted by Crippen LogP contribution is -2.52. The van der Waals surface area contributed by atoms with Crippen LogP contribution in [0.2, 0.25) is 0 Å². The van der Waals surface area contributed by atoms with Gasteiger partial charge in [-0.3, -0.25) is 0 Å². The second-order valence-electron chi connectivity index (χ2n) is 5.99.